The Morgan fingerprint density at radius 3 is 2.75 bits per heavy atom. The van der Waals surface area contributed by atoms with Crippen molar-refractivity contribution in [3.05, 3.63) is 17.8 Å². The molecule has 0 aliphatic carbocycles. The summed E-state index contributed by atoms with van der Waals surface area (Å²) in [5.74, 6) is 0.463. The van der Waals surface area contributed by atoms with Crippen molar-refractivity contribution in [3.8, 4) is 0 Å². The van der Waals surface area contributed by atoms with Gasteiger partial charge in [0.1, 0.15) is 11.9 Å². The third-order valence-electron chi connectivity index (χ3n) is 2.26. The molecule has 0 saturated carbocycles. The van der Waals surface area contributed by atoms with Gasteiger partial charge in [-0.2, -0.15) is 0 Å². The number of rotatable bonds is 2. The second kappa shape index (κ2) is 3.90. The summed E-state index contributed by atoms with van der Waals surface area (Å²) in [4.78, 5) is 15.8. The molecule has 0 unspecified atom stereocenters. The monoisotopic (exact) mass is 224 g/mol. The van der Waals surface area contributed by atoms with E-state index >= 15 is 0 Å². The molecule has 1 aromatic rings. The van der Waals surface area contributed by atoms with Crippen molar-refractivity contribution in [1.29, 1.82) is 0 Å². The molecule has 16 heavy (non-hydrogen) atoms. The van der Waals surface area contributed by atoms with E-state index in [-0.39, 0.29) is 11.6 Å². The lowest BCUT2D eigenvalue weighted by molar-refractivity contribution is 0.00627. The number of nitrogens with one attached hydrogen (secondary N) is 1. The summed E-state index contributed by atoms with van der Waals surface area (Å²) in [6.45, 7) is 7.17. The van der Waals surface area contributed by atoms with Gasteiger partial charge in [-0.05, 0) is 20.8 Å². The van der Waals surface area contributed by atoms with Crippen LogP contribution in [0.5, 0.6) is 0 Å². The molecule has 1 aromatic heterocycles. The first kappa shape index (κ1) is 11.1. The van der Waals surface area contributed by atoms with Gasteiger partial charge in [0.15, 0.2) is 11.6 Å². The number of ether oxygens (including phenoxy) is 1. The van der Waals surface area contributed by atoms with E-state index in [4.69, 9.17) is 9.15 Å². The van der Waals surface area contributed by atoms with Gasteiger partial charge in [-0.15, -0.1) is 0 Å². The van der Waals surface area contributed by atoms with Crippen LogP contribution in [0.15, 0.2) is 10.7 Å². The van der Waals surface area contributed by atoms with Crippen molar-refractivity contribution in [2.45, 2.75) is 32.3 Å². The Bertz CT molecular complexity index is 388. The number of carbonyl (C=O) groups is 1. The number of nitrogens with zero attached hydrogens (tertiary/aromatic N) is 1. The minimum absolute atomic E-state index is 0.247. The van der Waals surface area contributed by atoms with Crippen LogP contribution in [0.1, 0.15) is 43.1 Å². The normalized spacial score (nSPS) is 16.9. The first-order valence-electron chi connectivity index (χ1n) is 5.35. The van der Waals surface area contributed by atoms with Crippen molar-refractivity contribution < 1.29 is 13.9 Å². The predicted octanol–water partition coefficient (Wildman–Crippen LogP) is 1.32. The van der Waals surface area contributed by atoms with Crippen molar-refractivity contribution in [2.24, 2.45) is 0 Å². The Balaban J connectivity index is 2.03. The molecule has 0 atom stereocenters. The van der Waals surface area contributed by atoms with Gasteiger partial charge >= 0.3 is 5.97 Å². The van der Waals surface area contributed by atoms with Crippen molar-refractivity contribution in [2.75, 3.05) is 13.1 Å². The van der Waals surface area contributed by atoms with Gasteiger partial charge < -0.3 is 14.5 Å². The molecule has 1 fully saturated rings. The predicted molar refractivity (Wildman–Crippen MR) is 57.3 cm³/mol. The van der Waals surface area contributed by atoms with E-state index in [0.29, 0.717) is 5.89 Å². The highest BCUT2D eigenvalue weighted by Gasteiger charge is 2.26. The summed E-state index contributed by atoms with van der Waals surface area (Å²) in [5.41, 5.74) is -0.259. The molecule has 1 aliphatic rings. The van der Waals surface area contributed by atoms with Crippen LogP contribution in [0.3, 0.4) is 0 Å². The Morgan fingerprint density at radius 1 is 1.56 bits per heavy atom. The molecular formula is C11H16N2O3. The van der Waals surface area contributed by atoms with Crippen LogP contribution in [0, 0.1) is 0 Å². The average Bonchev–Trinajstić information content (AvgIpc) is 2.46. The zero-order valence-corrected chi connectivity index (χ0v) is 9.74. The number of esters is 1. The molecule has 5 heteroatoms. The van der Waals surface area contributed by atoms with Crippen molar-refractivity contribution in [3.63, 3.8) is 0 Å². The van der Waals surface area contributed by atoms with Crippen LogP contribution in [0.2, 0.25) is 0 Å². The number of hydrogen-bond donors (Lipinski definition) is 1. The van der Waals surface area contributed by atoms with Gasteiger partial charge in [0.25, 0.3) is 0 Å². The first-order valence-corrected chi connectivity index (χ1v) is 5.35. The quantitative estimate of drug-likeness (QED) is 0.767. The zero-order valence-electron chi connectivity index (χ0n) is 9.74. The van der Waals surface area contributed by atoms with Gasteiger partial charge in [0, 0.05) is 13.1 Å². The zero-order chi connectivity index (χ0) is 11.8. The van der Waals surface area contributed by atoms with Crippen molar-refractivity contribution >= 4 is 5.97 Å². The summed E-state index contributed by atoms with van der Waals surface area (Å²) >= 11 is 0. The lowest BCUT2D eigenvalue weighted by Gasteiger charge is -2.23. The van der Waals surface area contributed by atoms with Crippen LogP contribution < -0.4 is 5.32 Å². The average molecular weight is 224 g/mol. The number of oxazole rings is 1. The smallest absolute Gasteiger partial charge is 0.360 e. The molecule has 0 bridgehead atoms. The molecule has 2 rings (SSSR count). The van der Waals surface area contributed by atoms with E-state index in [1.165, 1.54) is 6.26 Å². The molecule has 0 amide bonds. The topological polar surface area (TPSA) is 64.4 Å². The fraction of sp³-hybridized carbons (Fsp3) is 0.636. The second-order valence-electron chi connectivity index (χ2n) is 4.93. The molecule has 88 valence electrons. The lowest BCUT2D eigenvalue weighted by atomic mass is 10.0. The Labute approximate surface area is 94.2 Å². The van der Waals surface area contributed by atoms with Gasteiger partial charge in [0.2, 0.25) is 0 Å². The molecule has 0 radical (unpaired) electrons. The second-order valence-corrected chi connectivity index (χ2v) is 4.93. The van der Waals surface area contributed by atoms with E-state index < -0.39 is 11.6 Å². The Hall–Kier alpha value is -1.36. The summed E-state index contributed by atoms with van der Waals surface area (Å²) in [7, 11) is 0. The van der Waals surface area contributed by atoms with Gasteiger partial charge in [-0.1, -0.05) is 0 Å². The number of carbonyl (C=O) groups excluding carboxylic acids is 1. The number of hydrogen-bond acceptors (Lipinski definition) is 5. The largest absolute Gasteiger partial charge is 0.455 e. The summed E-state index contributed by atoms with van der Waals surface area (Å²) in [5, 5.41) is 3.12. The maximum absolute atomic E-state index is 11.6. The standard InChI is InChI=1S/C11H16N2O3/c1-11(2,3)16-10(14)8-6-15-9(13-8)7-4-12-5-7/h6-7,12H,4-5H2,1-3H3. The van der Waals surface area contributed by atoms with Crippen LogP contribution in [-0.2, 0) is 4.74 Å². The van der Waals surface area contributed by atoms with Gasteiger partial charge in [-0.3, -0.25) is 0 Å². The summed E-state index contributed by atoms with van der Waals surface area (Å²) < 4.78 is 10.4. The highest BCUT2D eigenvalue weighted by molar-refractivity contribution is 5.87. The van der Waals surface area contributed by atoms with Crippen molar-refractivity contribution in [1.82, 2.24) is 10.3 Å². The highest BCUT2D eigenvalue weighted by atomic mass is 16.6. The highest BCUT2D eigenvalue weighted by Crippen LogP contribution is 2.20. The SMILES string of the molecule is CC(C)(C)OC(=O)c1coc(C2CNC2)n1. The van der Waals surface area contributed by atoms with Crippen LogP contribution >= 0.6 is 0 Å². The Morgan fingerprint density at radius 2 is 2.25 bits per heavy atom. The maximum Gasteiger partial charge on any atom is 0.360 e. The van der Waals surface area contributed by atoms with Crippen LogP contribution in [0.4, 0.5) is 0 Å². The minimum atomic E-state index is -0.506. The molecular weight excluding hydrogens is 208 g/mol. The molecule has 1 N–H and O–H groups in total. The van der Waals surface area contributed by atoms with Crippen LogP contribution in [0.25, 0.3) is 0 Å². The molecule has 0 spiro atoms. The van der Waals surface area contributed by atoms with Crippen LogP contribution in [-0.4, -0.2) is 29.6 Å². The van der Waals surface area contributed by atoms with Gasteiger partial charge in [0.05, 0.1) is 5.92 Å². The lowest BCUT2D eigenvalue weighted by Crippen LogP contribution is -2.40. The fourth-order valence-corrected chi connectivity index (χ4v) is 1.36. The first-order chi connectivity index (χ1) is 7.46. The molecule has 1 aliphatic heterocycles. The summed E-state index contributed by atoms with van der Waals surface area (Å²) in [6.07, 6.45) is 1.36. The van der Waals surface area contributed by atoms with E-state index in [9.17, 15) is 4.79 Å². The third kappa shape index (κ3) is 2.41. The third-order valence-corrected chi connectivity index (χ3v) is 2.26. The number of aromatic nitrogens is 1. The molecule has 0 aromatic carbocycles. The van der Waals surface area contributed by atoms with E-state index in [0.717, 1.165) is 13.1 Å². The minimum Gasteiger partial charge on any atom is -0.455 e. The Kier molecular flexibility index (Phi) is 2.71. The van der Waals surface area contributed by atoms with E-state index in [2.05, 4.69) is 10.3 Å². The molecule has 5 nitrogen and oxygen atoms in total. The van der Waals surface area contributed by atoms with Gasteiger partial charge in [-0.25, -0.2) is 9.78 Å². The van der Waals surface area contributed by atoms with E-state index in [1.54, 1.807) is 0 Å². The molecule has 1 saturated heterocycles. The fourth-order valence-electron chi connectivity index (χ4n) is 1.36. The summed E-state index contributed by atoms with van der Waals surface area (Å²) in [6, 6.07) is 0. The van der Waals surface area contributed by atoms with E-state index in [1.807, 2.05) is 20.8 Å². The maximum atomic E-state index is 11.6. The molecule has 2 heterocycles.